The normalized spacial score (nSPS) is 16.0. The lowest BCUT2D eigenvalue weighted by atomic mass is 10.1. The van der Waals surface area contributed by atoms with Gasteiger partial charge in [-0.05, 0) is 19.1 Å². The van der Waals surface area contributed by atoms with Crippen LogP contribution in [0.5, 0.6) is 11.5 Å². The first-order chi connectivity index (χ1) is 10.7. The van der Waals surface area contributed by atoms with Crippen molar-refractivity contribution >= 4 is 5.91 Å². The number of likely N-dealkylation sites (tertiary alicyclic amines) is 1. The highest BCUT2D eigenvalue weighted by molar-refractivity contribution is 5.80. The van der Waals surface area contributed by atoms with Crippen molar-refractivity contribution in [3.63, 3.8) is 0 Å². The summed E-state index contributed by atoms with van der Waals surface area (Å²) in [4.78, 5) is 17.9. The second-order valence-corrected chi connectivity index (χ2v) is 5.19. The van der Waals surface area contributed by atoms with Gasteiger partial charge in [0.15, 0.2) is 11.5 Å². The molecule has 116 valence electrons. The number of methoxy groups -OCH3 is 1. The molecular weight excluding hydrogens is 284 g/mol. The van der Waals surface area contributed by atoms with Gasteiger partial charge in [0.1, 0.15) is 24.8 Å². The van der Waals surface area contributed by atoms with Gasteiger partial charge in [0.25, 0.3) is 0 Å². The fourth-order valence-electron chi connectivity index (χ4n) is 2.38. The smallest absolute Gasteiger partial charge is 0.247 e. The van der Waals surface area contributed by atoms with Crippen LogP contribution >= 0.6 is 0 Å². The molecule has 1 saturated heterocycles. The molecule has 1 aliphatic rings. The van der Waals surface area contributed by atoms with Gasteiger partial charge in [-0.3, -0.25) is 4.79 Å². The number of hydrogen-bond acceptors (Lipinski definition) is 5. The highest BCUT2D eigenvalue weighted by atomic mass is 16.5. The third-order valence-electron chi connectivity index (χ3n) is 3.71. The fraction of sp³-hybridized carbons (Fsp3) is 0.400. The molecule has 7 heteroatoms. The Labute approximate surface area is 128 Å². The number of amides is 1. The third-order valence-corrected chi connectivity index (χ3v) is 3.71. The van der Waals surface area contributed by atoms with Crippen LogP contribution in [0.15, 0.2) is 36.9 Å². The highest BCUT2D eigenvalue weighted by Crippen LogP contribution is 2.29. The van der Waals surface area contributed by atoms with Crippen LogP contribution in [0.25, 0.3) is 0 Å². The number of para-hydroxylation sites is 2. The minimum Gasteiger partial charge on any atom is -0.493 e. The summed E-state index contributed by atoms with van der Waals surface area (Å²) >= 11 is 0. The first-order valence-corrected chi connectivity index (χ1v) is 7.11. The maximum atomic E-state index is 12.3. The SMILES string of the molecule is COc1ccccc1OC1CN(C(=O)C(C)n2cncn2)C1. The Kier molecular flexibility index (Phi) is 3.95. The second-order valence-electron chi connectivity index (χ2n) is 5.19. The van der Waals surface area contributed by atoms with Crippen LogP contribution in [0, 0.1) is 0 Å². The molecule has 1 aromatic heterocycles. The van der Waals surface area contributed by atoms with Crippen molar-refractivity contribution in [3.8, 4) is 11.5 Å². The van der Waals surface area contributed by atoms with E-state index < -0.39 is 0 Å². The topological polar surface area (TPSA) is 69.5 Å². The molecule has 0 spiro atoms. The zero-order valence-electron chi connectivity index (χ0n) is 12.5. The second kappa shape index (κ2) is 6.05. The average molecular weight is 302 g/mol. The summed E-state index contributed by atoms with van der Waals surface area (Å²) < 4.78 is 12.7. The Hall–Kier alpha value is -2.57. The zero-order valence-corrected chi connectivity index (χ0v) is 12.5. The molecule has 2 aromatic rings. The van der Waals surface area contributed by atoms with Gasteiger partial charge in [-0.15, -0.1) is 0 Å². The minimum absolute atomic E-state index is 0.0109. The van der Waals surface area contributed by atoms with E-state index in [0.717, 1.165) is 0 Å². The van der Waals surface area contributed by atoms with Crippen molar-refractivity contribution in [1.82, 2.24) is 19.7 Å². The predicted molar refractivity (Wildman–Crippen MR) is 78.7 cm³/mol. The molecule has 1 unspecified atom stereocenters. The molecule has 0 aliphatic carbocycles. The lowest BCUT2D eigenvalue weighted by Gasteiger charge is -2.40. The van der Waals surface area contributed by atoms with Gasteiger partial charge < -0.3 is 14.4 Å². The Morgan fingerprint density at radius 1 is 1.32 bits per heavy atom. The van der Waals surface area contributed by atoms with Gasteiger partial charge in [-0.2, -0.15) is 5.10 Å². The molecule has 2 heterocycles. The van der Waals surface area contributed by atoms with Crippen LogP contribution in [0.3, 0.4) is 0 Å². The van der Waals surface area contributed by atoms with E-state index in [1.54, 1.807) is 23.0 Å². The molecule has 0 saturated carbocycles. The Morgan fingerprint density at radius 2 is 2.05 bits per heavy atom. The van der Waals surface area contributed by atoms with Crippen molar-refractivity contribution < 1.29 is 14.3 Å². The fourth-order valence-corrected chi connectivity index (χ4v) is 2.38. The molecule has 0 bridgehead atoms. The summed E-state index contributed by atoms with van der Waals surface area (Å²) in [5.74, 6) is 1.42. The molecular formula is C15H18N4O3. The number of benzene rings is 1. The van der Waals surface area contributed by atoms with E-state index in [1.165, 1.54) is 6.33 Å². The highest BCUT2D eigenvalue weighted by Gasteiger charge is 2.35. The molecule has 1 aliphatic heterocycles. The molecule has 1 amide bonds. The number of carbonyl (C=O) groups is 1. The maximum Gasteiger partial charge on any atom is 0.247 e. The van der Waals surface area contributed by atoms with Crippen LogP contribution in [0.2, 0.25) is 0 Å². The van der Waals surface area contributed by atoms with E-state index in [4.69, 9.17) is 9.47 Å². The van der Waals surface area contributed by atoms with E-state index in [0.29, 0.717) is 24.6 Å². The molecule has 22 heavy (non-hydrogen) atoms. The summed E-state index contributed by atoms with van der Waals surface area (Å²) in [7, 11) is 1.61. The van der Waals surface area contributed by atoms with E-state index in [2.05, 4.69) is 10.1 Å². The Bertz CT molecular complexity index is 638. The molecule has 7 nitrogen and oxygen atoms in total. The van der Waals surface area contributed by atoms with Gasteiger partial charge in [-0.1, -0.05) is 12.1 Å². The lowest BCUT2D eigenvalue weighted by molar-refractivity contribution is -0.143. The molecule has 1 atom stereocenters. The van der Waals surface area contributed by atoms with E-state index in [-0.39, 0.29) is 18.1 Å². The Morgan fingerprint density at radius 3 is 2.68 bits per heavy atom. The van der Waals surface area contributed by atoms with Gasteiger partial charge in [-0.25, -0.2) is 9.67 Å². The zero-order chi connectivity index (χ0) is 15.5. The van der Waals surface area contributed by atoms with Gasteiger partial charge in [0.05, 0.1) is 20.2 Å². The summed E-state index contributed by atoms with van der Waals surface area (Å²) in [6.07, 6.45) is 2.96. The molecule has 1 fully saturated rings. The number of nitrogens with zero attached hydrogens (tertiary/aromatic N) is 4. The van der Waals surface area contributed by atoms with Gasteiger partial charge in [0.2, 0.25) is 5.91 Å². The standard InChI is InChI=1S/C15H18N4O3/c1-11(19-10-16-9-17-19)15(20)18-7-12(8-18)22-14-6-4-3-5-13(14)21-2/h3-6,9-12H,7-8H2,1-2H3. The summed E-state index contributed by atoms with van der Waals surface area (Å²) in [5.41, 5.74) is 0. The van der Waals surface area contributed by atoms with Crippen molar-refractivity contribution in [1.29, 1.82) is 0 Å². The molecule has 1 aromatic carbocycles. The van der Waals surface area contributed by atoms with E-state index in [1.807, 2.05) is 31.2 Å². The minimum atomic E-state index is -0.352. The summed E-state index contributed by atoms with van der Waals surface area (Å²) in [5, 5.41) is 4.00. The third kappa shape index (κ3) is 2.74. The van der Waals surface area contributed by atoms with Crippen molar-refractivity contribution in [2.45, 2.75) is 19.1 Å². The van der Waals surface area contributed by atoms with Crippen molar-refractivity contribution in [2.75, 3.05) is 20.2 Å². The largest absolute Gasteiger partial charge is 0.493 e. The van der Waals surface area contributed by atoms with Crippen LogP contribution in [0.4, 0.5) is 0 Å². The van der Waals surface area contributed by atoms with Crippen LogP contribution < -0.4 is 9.47 Å². The van der Waals surface area contributed by atoms with E-state index >= 15 is 0 Å². The molecule has 0 radical (unpaired) electrons. The van der Waals surface area contributed by atoms with Gasteiger partial charge >= 0.3 is 0 Å². The quantitative estimate of drug-likeness (QED) is 0.828. The number of aromatic nitrogens is 3. The van der Waals surface area contributed by atoms with Crippen LogP contribution in [-0.4, -0.2) is 51.9 Å². The van der Waals surface area contributed by atoms with Crippen molar-refractivity contribution in [3.05, 3.63) is 36.9 Å². The number of rotatable bonds is 5. The van der Waals surface area contributed by atoms with E-state index in [9.17, 15) is 4.79 Å². The first kappa shape index (κ1) is 14.4. The average Bonchev–Trinajstić information content (AvgIpc) is 3.03. The lowest BCUT2D eigenvalue weighted by Crippen LogP contribution is -2.57. The number of ether oxygens (including phenoxy) is 2. The number of carbonyl (C=O) groups excluding carboxylic acids is 1. The van der Waals surface area contributed by atoms with Crippen LogP contribution in [0.1, 0.15) is 13.0 Å². The summed E-state index contributed by atoms with van der Waals surface area (Å²) in [6.45, 7) is 2.94. The van der Waals surface area contributed by atoms with Crippen LogP contribution in [-0.2, 0) is 4.79 Å². The van der Waals surface area contributed by atoms with Crippen molar-refractivity contribution in [2.24, 2.45) is 0 Å². The maximum absolute atomic E-state index is 12.3. The Balaban J connectivity index is 1.55. The summed E-state index contributed by atoms with van der Waals surface area (Å²) in [6, 6.07) is 7.15. The molecule has 3 rings (SSSR count). The van der Waals surface area contributed by atoms with Gasteiger partial charge in [0, 0.05) is 0 Å². The first-order valence-electron chi connectivity index (χ1n) is 7.11. The number of hydrogen-bond donors (Lipinski definition) is 0. The predicted octanol–water partition coefficient (Wildman–Crippen LogP) is 1.14. The molecule has 0 N–H and O–H groups in total. The monoisotopic (exact) mass is 302 g/mol.